The quantitative estimate of drug-likeness (QED) is 0.463. The van der Waals surface area contributed by atoms with Crippen LogP contribution in [0.2, 0.25) is 0 Å². The minimum absolute atomic E-state index is 0.466. The Bertz CT molecular complexity index is 1160. The number of nitrogen functional groups attached to an aromatic ring is 1. The zero-order valence-electron chi connectivity index (χ0n) is 15.7. The standard InChI is InChI=1S/C20H22N6OS/c1-12-22-19-15(10-18(21)25-20(19)23-12)17-9-14-8-13(2-3-16(14)24-17)11-26-4-6-28(27)7-5-26/h2-3,8-10,24H,4-7,11H2,1H3,(H3,21,22,23,25). The van der Waals surface area contributed by atoms with Crippen LogP contribution >= 0.6 is 0 Å². The van der Waals surface area contributed by atoms with Crippen LogP contribution in [0.4, 0.5) is 5.82 Å². The van der Waals surface area contributed by atoms with Crippen molar-refractivity contribution in [1.29, 1.82) is 0 Å². The summed E-state index contributed by atoms with van der Waals surface area (Å²) in [6.07, 6.45) is 0. The second kappa shape index (κ2) is 6.80. The molecular weight excluding hydrogens is 372 g/mol. The summed E-state index contributed by atoms with van der Waals surface area (Å²) in [5, 5.41) is 1.16. The van der Waals surface area contributed by atoms with E-state index in [0.717, 1.165) is 64.6 Å². The highest BCUT2D eigenvalue weighted by Crippen LogP contribution is 2.30. The summed E-state index contributed by atoms with van der Waals surface area (Å²) in [5.74, 6) is 2.83. The molecule has 0 aliphatic carbocycles. The molecule has 0 amide bonds. The molecule has 8 heteroatoms. The maximum atomic E-state index is 11.6. The van der Waals surface area contributed by atoms with Crippen molar-refractivity contribution < 1.29 is 4.55 Å². The van der Waals surface area contributed by atoms with Crippen molar-refractivity contribution in [1.82, 2.24) is 24.8 Å². The summed E-state index contributed by atoms with van der Waals surface area (Å²) in [4.78, 5) is 17.9. The maximum Gasteiger partial charge on any atom is 0.160 e. The Morgan fingerprint density at radius 1 is 1.14 bits per heavy atom. The molecule has 4 N–H and O–H groups in total. The number of rotatable bonds is 3. The number of fused-ring (bicyclic) bond motifs is 2. The smallest absolute Gasteiger partial charge is 0.160 e. The first kappa shape index (κ1) is 17.5. The van der Waals surface area contributed by atoms with Crippen molar-refractivity contribution in [2.24, 2.45) is 0 Å². The Morgan fingerprint density at radius 2 is 1.96 bits per heavy atom. The first-order valence-electron chi connectivity index (χ1n) is 9.37. The van der Waals surface area contributed by atoms with Crippen molar-refractivity contribution in [3.05, 3.63) is 41.7 Å². The predicted octanol–water partition coefficient (Wildman–Crippen LogP) is 2.56. The monoisotopic (exact) mass is 394 g/mol. The number of nitrogens with two attached hydrogens (primary N) is 1. The molecule has 28 heavy (non-hydrogen) atoms. The van der Waals surface area contributed by atoms with E-state index in [1.54, 1.807) is 0 Å². The van der Waals surface area contributed by atoms with Gasteiger partial charge in [-0.15, -0.1) is 0 Å². The molecule has 1 aliphatic heterocycles. The lowest BCUT2D eigenvalue weighted by molar-refractivity contribution is 0.288. The normalized spacial score (nSPS) is 16.4. The number of H-pyrrole nitrogens is 2. The van der Waals surface area contributed by atoms with Crippen molar-refractivity contribution in [2.75, 3.05) is 30.3 Å². The lowest BCUT2D eigenvalue weighted by atomic mass is 10.1. The Kier molecular flexibility index (Phi) is 4.26. The van der Waals surface area contributed by atoms with Gasteiger partial charge in [0.15, 0.2) is 5.65 Å². The highest BCUT2D eigenvalue weighted by molar-refractivity contribution is 7.91. The number of benzene rings is 1. The summed E-state index contributed by atoms with van der Waals surface area (Å²) < 4.78 is 11.6. The number of aromatic amines is 2. The molecule has 7 nitrogen and oxygen atoms in total. The zero-order chi connectivity index (χ0) is 19.3. The summed E-state index contributed by atoms with van der Waals surface area (Å²) in [5.41, 5.74) is 11.8. The van der Waals surface area contributed by atoms with E-state index in [9.17, 15) is 4.55 Å². The SMILES string of the molecule is Cc1nc2c(-c3cc4cc(CN5CC[S+]([O-])CC5)ccc4[nH]3)cc(N)nc2[nH]1. The average molecular weight is 395 g/mol. The zero-order valence-corrected chi connectivity index (χ0v) is 16.5. The number of nitrogens with zero attached hydrogens (tertiary/aromatic N) is 3. The number of anilines is 1. The van der Waals surface area contributed by atoms with Crippen LogP contribution in [0.3, 0.4) is 0 Å². The average Bonchev–Trinajstić information content (AvgIpc) is 3.25. The van der Waals surface area contributed by atoms with Gasteiger partial charge in [-0.2, -0.15) is 0 Å². The number of imidazole rings is 1. The first-order valence-corrected chi connectivity index (χ1v) is 10.9. The van der Waals surface area contributed by atoms with Crippen LogP contribution in [0.25, 0.3) is 33.3 Å². The van der Waals surface area contributed by atoms with E-state index in [-0.39, 0.29) is 0 Å². The highest BCUT2D eigenvalue weighted by atomic mass is 32.2. The molecule has 3 aromatic heterocycles. The fourth-order valence-corrected chi connectivity index (χ4v) is 4.98. The van der Waals surface area contributed by atoms with Gasteiger partial charge in [0.1, 0.15) is 28.7 Å². The van der Waals surface area contributed by atoms with E-state index in [0.29, 0.717) is 11.5 Å². The van der Waals surface area contributed by atoms with Gasteiger partial charge in [-0.25, -0.2) is 9.97 Å². The lowest BCUT2D eigenvalue weighted by Crippen LogP contribution is -2.39. The lowest BCUT2D eigenvalue weighted by Gasteiger charge is -2.27. The minimum Gasteiger partial charge on any atom is -0.616 e. The van der Waals surface area contributed by atoms with Gasteiger partial charge in [0.2, 0.25) is 0 Å². The van der Waals surface area contributed by atoms with Gasteiger partial charge >= 0.3 is 0 Å². The molecule has 1 aromatic carbocycles. The summed E-state index contributed by atoms with van der Waals surface area (Å²) in [6.45, 7) is 4.60. The van der Waals surface area contributed by atoms with Crippen LogP contribution < -0.4 is 5.73 Å². The first-order chi connectivity index (χ1) is 13.5. The predicted molar refractivity (Wildman–Crippen MR) is 113 cm³/mol. The third-order valence-corrected chi connectivity index (χ3v) is 6.52. The van der Waals surface area contributed by atoms with E-state index in [1.165, 1.54) is 5.56 Å². The topological polar surface area (TPSA) is 110 Å². The van der Waals surface area contributed by atoms with Gasteiger partial charge in [0.25, 0.3) is 0 Å². The maximum absolute atomic E-state index is 11.6. The van der Waals surface area contributed by atoms with E-state index < -0.39 is 11.2 Å². The molecule has 1 fully saturated rings. The molecule has 4 aromatic rings. The second-order valence-electron chi connectivity index (χ2n) is 7.34. The fourth-order valence-electron chi connectivity index (χ4n) is 3.85. The molecule has 0 saturated carbocycles. The van der Waals surface area contributed by atoms with Crippen LogP contribution in [0.1, 0.15) is 11.4 Å². The van der Waals surface area contributed by atoms with Crippen LogP contribution in [0.5, 0.6) is 0 Å². The van der Waals surface area contributed by atoms with Gasteiger partial charge in [-0.05, 0) is 36.8 Å². The molecule has 5 rings (SSSR count). The molecule has 1 saturated heterocycles. The number of aryl methyl sites for hydroxylation is 1. The third kappa shape index (κ3) is 3.23. The van der Waals surface area contributed by atoms with Gasteiger partial charge in [0, 0.05) is 41.8 Å². The number of hydrogen-bond donors (Lipinski definition) is 3. The van der Waals surface area contributed by atoms with Gasteiger partial charge in [-0.1, -0.05) is 17.2 Å². The Balaban J connectivity index is 1.49. The van der Waals surface area contributed by atoms with Crippen molar-refractivity contribution in [3.63, 3.8) is 0 Å². The van der Waals surface area contributed by atoms with Crippen LogP contribution in [-0.2, 0) is 17.7 Å². The summed E-state index contributed by atoms with van der Waals surface area (Å²) in [7, 11) is 0. The molecule has 0 spiro atoms. The van der Waals surface area contributed by atoms with Gasteiger partial charge in [-0.3, -0.25) is 4.90 Å². The van der Waals surface area contributed by atoms with Crippen molar-refractivity contribution in [2.45, 2.75) is 13.5 Å². The molecule has 0 unspecified atom stereocenters. The fraction of sp³-hybridized carbons (Fsp3) is 0.300. The van der Waals surface area contributed by atoms with Crippen molar-refractivity contribution >= 4 is 39.1 Å². The number of hydrogen-bond acceptors (Lipinski definition) is 5. The third-order valence-electron chi connectivity index (χ3n) is 5.24. The Labute approximate surface area is 165 Å². The van der Waals surface area contributed by atoms with Crippen LogP contribution in [-0.4, -0.2) is 54.0 Å². The molecule has 4 heterocycles. The van der Waals surface area contributed by atoms with E-state index in [2.05, 4.69) is 49.1 Å². The van der Waals surface area contributed by atoms with E-state index in [4.69, 9.17) is 5.73 Å². The van der Waals surface area contributed by atoms with E-state index >= 15 is 0 Å². The molecule has 0 atom stereocenters. The highest BCUT2D eigenvalue weighted by Gasteiger charge is 2.19. The second-order valence-corrected chi connectivity index (χ2v) is 9.04. The van der Waals surface area contributed by atoms with E-state index in [1.807, 2.05) is 13.0 Å². The minimum atomic E-state index is -0.641. The molecular formula is C20H22N6OS. The van der Waals surface area contributed by atoms with Crippen LogP contribution in [0, 0.1) is 6.92 Å². The number of pyridine rings is 1. The molecule has 1 aliphatic rings. The Hall–Kier alpha value is -2.55. The summed E-state index contributed by atoms with van der Waals surface area (Å²) >= 11 is -0.641. The van der Waals surface area contributed by atoms with Gasteiger partial charge in [0.05, 0.1) is 0 Å². The summed E-state index contributed by atoms with van der Waals surface area (Å²) in [6, 6.07) is 10.5. The molecule has 0 bridgehead atoms. The number of nitrogens with one attached hydrogen (secondary N) is 2. The molecule has 144 valence electrons. The molecule has 0 radical (unpaired) electrons. The largest absolute Gasteiger partial charge is 0.616 e. The van der Waals surface area contributed by atoms with Crippen LogP contribution in [0.15, 0.2) is 30.3 Å². The van der Waals surface area contributed by atoms with Gasteiger partial charge < -0.3 is 20.3 Å². The van der Waals surface area contributed by atoms with Crippen molar-refractivity contribution in [3.8, 4) is 11.3 Å². The Morgan fingerprint density at radius 3 is 2.79 bits per heavy atom. The number of aromatic nitrogens is 4.